The van der Waals surface area contributed by atoms with Crippen LogP contribution >= 0.6 is 11.6 Å². The maximum absolute atomic E-state index is 13.5. The van der Waals surface area contributed by atoms with E-state index < -0.39 is 0 Å². The molecule has 0 bridgehead atoms. The summed E-state index contributed by atoms with van der Waals surface area (Å²) < 4.78 is 2.19. The van der Waals surface area contributed by atoms with Crippen LogP contribution in [0.5, 0.6) is 0 Å². The largest absolute Gasteiger partial charge is 0.345 e. The summed E-state index contributed by atoms with van der Waals surface area (Å²) in [5.74, 6) is 0.0733. The molecule has 0 atom stereocenters. The molecule has 3 nitrogen and oxygen atoms in total. The first kappa shape index (κ1) is 20.2. The number of fused-ring (bicyclic) bond motifs is 1. The molecule has 0 saturated carbocycles. The van der Waals surface area contributed by atoms with E-state index in [-0.39, 0.29) is 5.91 Å². The third-order valence-electron chi connectivity index (χ3n) is 5.32. The molecule has 30 heavy (non-hydrogen) atoms. The lowest BCUT2D eigenvalue weighted by Gasteiger charge is -2.24. The Morgan fingerprint density at radius 3 is 2.60 bits per heavy atom. The summed E-state index contributed by atoms with van der Waals surface area (Å²) >= 11 is 6.15. The molecule has 152 valence electrons. The molecule has 1 heterocycles. The predicted octanol–water partition coefficient (Wildman–Crippen LogP) is 6.40. The molecule has 4 rings (SSSR count). The Morgan fingerprint density at radius 1 is 0.967 bits per heavy atom. The van der Waals surface area contributed by atoms with Gasteiger partial charge in [0.1, 0.15) is 0 Å². The first-order chi connectivity index (χ1) is 14.7. The van der Waals surface area contributed by atoms with Crippen molar-refractivity contribution in [2.24, 2.45) is 0 Å². The number of rotatable bonds is 7. The van der Waals surface area contributed by atoms with Crippen LogP contribution in [-0.2, 0) is 13.1 Å². The van der Waals surface area contributed by atoms with E-state index in [4.69, 9.17) is 11.6 Å². The van der Waals surface area contributed by atoms with E-state index in [1.54, 1.807) is 0 Å². The van der Waals surface area contributed by atoms with Crippen molar-refractivity contribution in [3.05, 3.63) is 107 Å². The van der Waals surface area contributed by atoms with Gasteiger partial charge in [0, 0.05) is 35.6 Å². The predicted molar refractivity (Wildman–Crippen MR) is 124 cm³/mol. The molecule has 4 heteroatoms. The van der Waals surface area contributed by atoms with Crippen LogP contribution in [0.4, 0.5) is 0 Å². The van der Waals surface area contributed by atoms with Gasteiger partial charge in [-0.1, -0.05) is 67.1 Å². The van der Waals surface area contributed by atoms with Gasteiger partial charge in [-0.15, -0.1) is 0 Å². The van der Waals surface area contributed by atoms with Gasteiger partial charge in [-0.3, -0.25) is 4.79 Å². The molecular formula is C26H25ClN2O. The third-order valence-corrected chi connectivity index (χ3v) is 5.55. The van der Waals surface area contributed by atoms with Gasteiger partial charge in [-0.2, -0.15) is 0 Å². The van der Waals surface area contributed by atoms with Crippen molar-refractivity contribution < 1.29 is 4.79 Å². The van der Waals surface area contributed by atoms with Crippen LogP contribution in [-0.4, -0.2) is 21.9 Å². The Kier molecular flexibility index (Phi) is 6.20. The average Bonchev–Trinajstić information content (AvgIpc) is 3.19. The van der Waals surface area contributed by atoms with Crippen LogP contribution in [0.3, 0.4) is 0 Å². The summed E-state index contributed by atoms with van der Waals surface area (Å²) in [5.41, 5.74) is 3.01. The van der Waals surface area contributed by atoms with Gasteiger partial charge in [0.15, 0.2) is 0 Å². The number of aromatic nitrogens is 1. The summed E-state index contributed by atoms with van der Waals surface area (Å²) in [4.78, 5) is 15.4. The summed E-state index contributed by atoms with van der Waals surface area (Å²) in [5, 5.41) is 2.82. The highest BCUT2D eigenvalue weighted by Gasteiger charge is 2.19. The van der Waals surface area contributed by atoms with Crippen molar-refractivity contribution in [1.82, 2.24) is 9.47 Å². The van der Waals surface area contributed by atoms with Crippen LogP contribution < -0.4 is 0 Å². The maximum atomic E-state index is 13.5. The zero-order valence-corrected chi connectivity index (χ0v) is 17.8. The van der Waals surface area contributed by atoms with Crippen LogP contribution in [0, 0.1) is 0 Å². The molecule has 0 aliphatic carbocycles. The number of carbonyl (C=O) groups excluding carboxylic acids is 1. The van der Waals surface area contributed by atoms with Crippen molar-refractivity contribution in [3.63, 3.8) is 0 Å². The number of hydrogen-bond acceptors (Lipinski definition) is 1. The minimum Gasteiger partial charge on any atom is -0.345 e. The molecule has 0 saturated heterocycles. The molecule has 0 N–H and O–H groups in total. The fraction of sp³-hybridized carbons (Fsp3) is 0.192. The van der Waals surface area contributed by atoms with Crippen molar-refractivity contribution >= 4 is 28.3 Å². The third kappa shape index (κ3) is 4.42. The lowest BCUT2D eigenvalue weighted by Crippen LogP contribution is -2.32. The van der Waals surface area contributed by atoms with Crippen LogP contribution in [0.2, 0.25) is 5.02 Å². The minimum atomic E-state index is 0.0733. The molecule has 0 aliphatic rings. The zero-order chi connectivity index (χ0) is 20.9. The summed E-state index contributed by atoms with van der Waals surface area (Å²) in [7, 11) is 0. The van der Waals surface area contributed by atoms with Gasteiger partial charge in [0.25, 0.3) is 5.91 Å². The van der Waals surface area contributed by atoms with E-state index in [2.05, 4.69) is 29.8 Å². The molecule has 0 spiro atoms. The zero-order valence-electron chi connectivity index (χ0n) is 17.1. The fourth-order valence-corrected chi connectivity index (χ4v) is 4.09. The first-order valence-electron chi connectivity index (χ1n) is 10.3. The first-order valence-corrected chi connectivity index (χ1v) is 10.7. The smallest absolute Gasteiger partial charge is 0.254 e. The quantitative estimate of drug-likeness (QED) is 0.342. The van der Waals surface area contributed by atoms with E-state index in [1.165, 1.54) is 0 Å². The molecule has 1 amide bonds. The van der Waals surface area contributed by atoms with Crippen LogP contribution in [0.25, 0.3) is 10.8 Å². The Balaban J connectivity index is 1.60. The number of amides is 1. The second-order valence-electron chi connectivity index (χ2n) is 7.51. The highest BCUT2D eigenvalue weighted by atomic mass is 35.5. The second-order valence-corrected chi connectivity index (χ2v) is 7.95. The molecule has 3 aromatic carbocycles. The molecule has 1 aromatic heterocycles. The second kappa shape index (κ2) is 9.19. The summed E-state index contributed by atoms with van der Waals surface area (Å²) in [6, 6.07) is 26.0. The maximum Gasteiger partial charge on any atom is 0.254 e. The number of halogens is 1. The summed E-state index contributed by atoms with van der Waals surface area (Å²) in [6.45, 7) is 4.12. The lowest BCUT2D eigenvalue weighted by atomic mass is 10.0. The fourth-order valence-electron chi connectivity index (χ4n) is 3.88. The Labute approximate surface area is 182 Å². The lowest BCUT2D eigenvalue weighted by molar-refractivity contribution is 0.0741. The average molecular weight is 417 g/mol. The van der Waals surface area contributed by atoms with Gasteiger partial charge in [-0.25, -0.2) is 0 Å². The molecule has 4 aromatic rings. The Hall–Kier alpha value is -3.04. The molecule has 0 fully saturated rings. The van der Waals surface area contributed by atoms with E-state index in [0.29, 0.717) is 13.1 Å². The van der Waals surface area contributed by atoms with Gasteiger partial charge in [0.2, 0.25) is 0 Å². The van der Waals surface area contributed by atoms with Crippen LogP contribution in [0.15, 0.2) is 85.1 Å². The van der Waals surface area contributed by atoms with Crippen molar-refractivity contribution in [3.8, 4) is 0 Å². The molecular weight excluding hydrogens is 392 g/mol. The number of hydrogen-bond donors (Lipinski definition) is 0. The van der Waals surface area contributed by atoms with E-state index in [1.807, 2.05) is 71.6 Å². The topological polar surface area (TPSA) is 25.2 Å². The Bertz CT molecular complexity index is 1160. The van der Waals surface area contributed by atoms with Crippen LogP contribution in [0.1, 0.15) is 35.0 Å². The number of nitrogens with zero attached hydrogens (tertiary/aromatic N) is 2. The number of benzene rings is 3. The highest BCUT2D eigenvalue weighted by Crippen LogP contribution is 2.22. The van der Waals surface area contributed by atoms with E-state index in [9.17, 15) is 4.79 Å². The monoisotopic (exact) mass is 416 g/mol. The van der Waals surface area contributed by atoms with E-state index in [0.717, 1.165) is 45.6 Å². The minimum absolute atomic E-state index is 0.0733. The molecule has 0 unspecified atom stereocenters. The standard InChI is InChI=1S/C26H25ClN2O/c1-2-15-29(26(30)25-14-6-10-21-9-3-4-13-24(21)25)19-23-12-7-16-28(23)18-20-8-5-11-22(27)17-20/h3-14,16-17H,2,15,18-19H2,1H3. The summed E-state index contributed by atoms with van der Waals surface area (Å²) in [6.07, 6.45) is 2.97. The Morgan fingerprint density at radius 2 is 1.77 bits per heavy atom. The van der Waals surface area contributed by atoms with Crippen molar-refractivity contribution in [2.45, 2.75) is 26.4 Å². The van der Waals surface area contributed by atoms with Gasteiger partial charge >= 0.3 is 0 Å². The van der Waals surface area contributed by atoms with Gasteiger partial charge in [-0.05, 0) is 53.1 Å². The normalized spacial score (nSPS) is 11.0. The van der Waals surface area contributed by atoms with Crippen molar-refractivity contribution in [2.75, 3.05) is 6.54 Å². The highest BCUT2D eigenvalue weighted by molar-refractivity contribution is 6.30. The van der Waals surface area contributed by atoms with Crippen molar-refractivity contribution in [1.29, 1.82) is 0 Å². The van der Waals surface area contributed by atoms with E-state index >= 15 is 0 Å². The molecule has 0 aliphatic heterocycles. The SMILES string of the molecule is CCCN(Cc1cccn1Cc1cccc(Cl)c1)C(=O)c1cccc2ccccc12. The molecule has 0 radical (unpaired) electrons. The number of carbonyl (C=O) groups is 1. The van der Waals surface area contributed by atoms with Gasteiger partial charge in [0.05, 0.1) is 6.54 Å². The van der Waals surface area contributed by atoms with Gasteiger partial charge < -0.3 is 9.47 Å².